The summed E-state index contributed by atoms with van der Waals surface area (Å²) in [5.74, 6) is 1.61. The lowest BCUT2D eigenvalue weighted by Crippen LogP contribution is -2.51. The molecule has 2 aromatic carbocycles. The van der Waals surface area contributed by atoms with Gasteiger partial charge in [0.1, 0.15) is 58.8 Å². The number of ether oxygens (including phenoxy) is 4. The monoisotopic (exact) mass is 1010 g/mol. The molecule has 6 aromatic rings. The molecule has 4 bridgehead atoms. The lowest BCUT2D eigenvalue weighted by molar-refractivity contribution is 0.108. The molecule has 0 unspecified atom stereocenters. The van der Waals surface area contributed by atoms with Crippen molar-refractivity contribution in [1.29, 1.82) is 0 Å². The number of methoxy groups -OCH3 is 2. The maximum absolute atomic E-state index is 16.2. The van der Waals surface area contributed by atoms with Crippen LogP contribution in [-0.2, 0) is 0 Å². The summed E-state index contributed by atoms with van der Waals surface area (Å²) in [6.45, 7) is 8.89. The van der Waals surface area contributed by atoms with Gasteiger partial charge in [-0.2, -0.15) is 19.9 Å². The van der Waals surface area contributed by atoms with E-state index in [4.69, 9.17) is 28.9 Å². The number of hydrogen-bond acceptors (Lipinski definition) is 16. The number of nitrogens with zero attached hydrogens (tertiary/aromatic N) is 10. The van der Waals surface area contributed by atoms with Crippen molar-refractivity contribution in [3.05, 3.63) is 72.6 Å². The number of benzene rings is 2. The Balaban J connectivity index is 0.000000143. The van der Waals surface area contributed by atoms with Crippen molar-refractivity contribution in [2.24, 2.45) is 0 Å². The van der Waals surface area contributed by atoms with Crippen LogP contribution in [0.2, 0.25) is 0 Å². The Labute approximate surface area is 430 Å². The smallest absolute Gasteiger partial charge is 0.319 e. The van der Waals surface area contributed by atoms with E-state index in [1.807, 2.05) is 48.5 Å². The van der Waals surface area contributed by atoms with E-state index in [2.05, 4.69) is 50.2 Å². The van der Waals surface area contributed by atoms with E-state index in [1.54, 1.807) is 26.6 Å². The number of nitrogens with one attached hydrogen (secondary N) is 2. The van der Waals surface area contributed by atoms with Crippen LogP contribution in [0.15, 0.2) is 60.9 Å². The number of aromatic nitrogens is 6. The van der Waals surface area contributed by atoms with Gasteiger partial charge in [-0.1, -0.05) is 24.3 Å². The summed E-state index contributed by atoms with van der Waals surface area (Å²) in [6.07, 6.45) is 17.3. The first-order valence-electron chi connectivity index (χ1n) is 27.0. The van der Waals surface area contributed by atoms with E-state index < -0.39 is 11.6 Å². The lowest BCUT2D eigenvalue weighted by Gasteiger charge is -2.34. The van der Waals surface area contributed by atoms with Crippen LogP contribution in [0.1, 0.15) is 77.0 Å². The van der Waals surface area contributed by atoms with Gasteiger partial charge in [-0.15, -0.1) is 0 Å². The molecule has 8 aliphatic heterocycles. The second-order valence-electron chi connectivity index (χ2n) is 21.9. The fourth-order valence-corrected chi connectivity index (χ4v) is 14.0. The maximum Gasteiger partial charge on any atom is 0.319 e. The van der Waals surface area contributed by atoms with Crippen molar-refractivity contribution < 1.29 is 27.7 Å². The molecule has 0 aliphatic carbocycles. The van der Waals surface area contributed by atoms with Crippen molar-refractivity contribution in [2.45, 2.75) is 112 Å². The highest BCUT2D eigenvalue weighted by molar-refractivity contribution is 5.93. The van der Waals surface area contributed by atoms with Gasteiger partial charge < -0.3 is 39.4 Å². The molecule has 16 nitrogen and oxygen atoms in total. The number of anilines is 2. The molecule has 2 N–H and O–H groups in total. The number of rotatable bonds is 12. The van der Waals surface area contributed by atoms with Crippen molar-refractivity contribution in [3.8, 4) is 46.0 Å². The highest BCUT2D eigenvalue weighted by Gasteiger charge is 2.46. The molecule has 4 aromatic heterocycles. The number of hydrogen-bond donors (Lipinski definition) is 2. The molecule has 18 heteroatoms. The first-order valence-corrected chi connectivity index (χ1v) is 27.0. The summed E-state index contributed by atoms with van der Waals surface area (Å²) in [6, 6.07) is 16.9. The van der Waals surface area contributed by atoms with E-state index >= 15 is 8.78 Å². The highest BCUT2D eigenvalue weighted by Crippen LogP contribution is 2.43. The Kier molecular flexibility index (Phi) is 12.6. The molecule has 0 saturated carbocycles. The van der Waals surface area contributed by atoms with Gasteiger partial charge in [-0.3, -0.25) is 19.8 Å². The first-order chi connectivity index (χ1) is 36.3. The van der Waals surface area contributed by atoms with Gasteiger partial charge in [0, 0.05) is 73.9 Å². The molecule has 8 aliphatic rings. The zero-order valence-corrected chi connectivity index (χ0v) is 42.5. The number of halogens is 2. The van der Waals surface area contributed by atoms with Gasteiger partial charge in [-0.25, -0.2) is 8.78 Å². The van der Waals surface area contributed by atoms with E-state index in [9.17, 15) is 0 Å². The van der Waals surface area contributed by atoms with Gasteiger partial charge in [0.05, 0.1) is 36.1 Å². The van der Waals surface area contributed by atoms with Crippen molar-refractivity contribution in [3.63, 3.8) is 0 Å². The highest BCUT2D eigenvalue weighted by atomic mass is 19.1. The normalized spacial score (nSPS) is 24.5. The SMILES string of the molecule is COc1ccccc1-c1ncc2c(N3C[C@H]4CC[C@@H](C3)N4)nc(OCC34CCCN3CCC4)nc2c1F.COc1ccccc1-c1ncc2c(N3C[C@H]4CC[C@@H](C3)N4)nc(OCC34CCCN3CCC4)nc2c1F. The minimum absolute atomic E-state index is 0.0615. The molecule has 8 fully saturated rings. The second kappa shape index (κ2) is 19.6. The first kappa shape index (κ1) is 47.6. The van der Waals surface area contributed by atoms with Gasteiger partial charge in [0.25, 0.3) is 0 Å². The van der Waals surface area contributed by atoms with Gasteiger partial charge >= 0.3 is 12.0 Å². The summed E-state index contributed by atoms with van der Waals surface area (Å²) >= 11 is 0. The standard InChI is InChI=1S/2C28H33FN6O2/c2*1-36-22-7-3-2-6-20(22)24-23(29)25-21(14-30-24)26(34-15-18-8-9-19(16-34)31-18)33-27(32-25)37-17-28-10-4-12-35(28)13-5-11-28/h2*2-3,6-7,14,18-19,31H,4-5,8-13,15-17H2,1H3/t2*18-,19+. The van der Waals surface area contributed by atoms with E-state index in [-0.39, 0.29) is 45.5 Å². The van der Waals surface area contributed by atoms with Crippen molar-refractivity contribution in [1.82, 2.24) is 50.3 Å². The zero-order chi connectivity index (χ0) is 50.0. The van der Waals surface area contributed by atoms with E-state index in [0.29, 0.717) is 82.4 Å². The molecule has 0 amide bonds. The number of pyridine rings is 2. The van der Waals surface area contributed by atoms with Crippen LogP contribution >= 0.6 is 0 Å². The van der Waals surface area contributed by atoms with Crippen LogP contribution in [0, 0.1) is 11.6 Å². The number of fused-ring (bicyclic) bond motifs is 8. The van der Waals surface area contributed by atoms with Crippen molar-refractivity contribution >= 4 is 33.4 Å². The summed E-state index contributed by atoms with van der Waals surface area (Å²) in [4.78, 5) is 37.8. The third-order valence-electron chi connectivity index (χ3n) is 17.6. The molecule has 74 heavy (non-hydrogen) atoms. The van der Waals surface area contributed by atoms with Crippen LogP contribution in [0.3, 0.4) is 0 Å². The predicted octanol–water partition coefficient (Wildman–Crippen LogP) is 7.57. The molecule has 0 radical (unpaired) electrons. The van der Waals surface area contributed by atoms with Crippen LogP contribution in [0.4, 0.5) is 20.4 Å². The van der Waals surface area contributed by atoms with Gasteiger partial charge in [-0.05, 0) is 127 Å². The fraction of sp³-hybridized carbons (Fsp3) is 0.536. The van der Waals surface area contributed by atoms with Crippen LogP contribution in [0.5, 0.6) is 23.5 Å². The Morgan fingerprint density at radius 2 is 0.919 bits per heavy atom. The Morgan fingerprint density at radius 3 is 1.30 bits per heavy atom. The van der Waals surface area contributed by atoms with E-state index in [0.717, 1.165) is 104 Å². The average molecular weight is 1010 g/mol. The minimum Gasteiger partial charge on any atom is -0.496 e. The average Bonchev–Trinajstić information content (AvgIpc) is 4.31. The van der Waals surface area contributed by atoms with Gasteiger partial charge in [0.15, 0.2) is 11.6 Å². The minimum atomic E-state index is -0.477. The Hall–Kier alpha value is -6.08. The Bertz CT molecular complexity index is 2830. The maximum atomic E-state index is 16.2. The molecule has 0 spiro atoms. The third kappa shape index (κ3) is 8.58. The van der Waals surface area contributed by atoms with Crippen LogP contribution < -0.4 is 39.4 Å². The largest absolute Gasteiger partial charge is 0.496 e. The Morgan fingerprint density at radius 1 is 0.541 bits per heavy atom. The summed E-state index contributed by atoms with van der Waals surface area (Å²) in [7, 11) is 3.16. The molecule has 4 atom stereocenters. The molecule has 12 heterocycles. The van der Waals surface area contributed by atoms with Crippen molar-refractivity contribution in [2.75, 3.05) is 89.6 Å². The quantitative estimate of drug-likeness (QED) is 0.124. The summed E-state index contributed by atoms with van der Waals surface area (Å²) < 4.78 is 56.1. The van der Waals surface area contributed by atoms with E-state index in [1.165, 1.54) is 25.7 Å². The zero-order valence-electron chi connectivity index (χ0n) is 42.5. The third-order valence-corrected chi connectivity index (χ3v) is 17.6. The molecule has 8 saturated heterocycles. The number of para-hydroxylation sites is 2. The topological polar surface area (TPSA) is 151 Å². The molecular formula is C56H66F2N12O4. The molecular weight excluding hydrogens is 943 g/mol. The fourth-order valence-electron chi connectivity index (χ4n) is 14.0. The molecule has 388 valence electrons. The summed E-state index contributed by atoms with van der Waals surface area (Å²) in [5, 5.41) is 8.57. The lowest BCUT2D eigenvalue weighted by atomic mass is 9.95. The predicted molar refractivity (Wildman–Crippen MR) is 279 cm³/mol. The van der Waals surface area contributed by atoms with Gasteiger partial charge in [0.2, 0.25) is 0 Å². The van der Waals surface area contributed by atoms with Crippen LogP contribution in [0.25, 0.3) is 44.3 Å². The summed E-state index contributed by atoms with van der Waals surface area (Å²) in [5.41, 5.74) is 2.24. The second-order valence-corrected chi connectivity index (χ2v) is 21.9. The van der Waals surface area contributed by atoms with Crippen LogP contribution in [-0.4, -0.2) is 155 Å². The molecule has 14 rings (SSSR count). The number of piperazine rings is 2.